The largest absolute Gasteiger partial charge is 0.493 e. The number of carbonyl (C=O) groups excluding carboxylic acids is 1. The van der Waals surface area contributed by atoms with Crippen molar-refractivity contribution in [1.82, 2.24) is 9.80 Å². The minimum Gasteiger partial charge on any atom is -0.493 e. The van der Waals surface area contributed by atoms with Crippen molar-refractivity contribution < 1.29 is 23.4 Å². The lowest BCUT2D eigenvalue weighted by Gasteiger charge is -2.29. The Bertz CT molecular complexity index is 1310. The minimum atomic E-state index is -0.567. The molecule has 0 spiro atoms. The molecule has 1 saturated heterocycles. The van der Waals surface area contributed by atoms with Crippen molar-refractivity contribution in [2.24, 2.45) is 0 Å². The fourth-order valence-corrected chi connectivity index (χ4v) is 5.02. The zero-order valence-electron chi connectivity index (χ0n) is 20.3. The van der Waals surface area contributed by atoms with Gasteiger partial charge in [-0.25, -0.2) is 0 Å². The van der Waals surface area contributed by atoms with Crippen LogP contribution >= 0.6 is 0 Å². The molecular formula is C27H30N2O6. The summed E-state index contributed by atoms with van der Waals surface area (Å²) < 4.78 is 22.4. The first-order valence-electron chi connectivity index (χ1n) is 11.9. The Kier molecular flexibility index (Phi) is 6.49. The van der Waals surface area contributed by atoms with Crippen molar-refractivity contribution >= 4 is 16.9 Å². The van der Waals surface area contributed by atoms with E-state index in [1.165, 1.54) is 0 Å². The number of aryl methyl sites for hydroxylation is 1. The van der Waals surface area contributed by atoms with Gasteiger partial charge in [0.25, 0.3) is 5.91 Å². The standard InChI is InChI=1S/C27H30N2O6/c1-17-5-7-20-19(15-17)25(30)23-24(18-6-8-21(32-2)22(16-18)33-3)29(27(31)26(23)35-20)10-4-9-28-11-13-34-14-12-28/h5-8,15-16,24H,4,9-14H2,1-3H3/t24-/m0/s1. The van der Waals surface area contributed by atoms with Crippen molar-refractivity contribution in [1.29, 1.82) is 0 Å². The lowest BCUT2D eigenvalue weighted by atomic mass is 9.97. The average molecular weight is 479 g/mol. The number of amides is 1. The molecule has 8 nitrogen and oxygen atoms in total. The highest BCUT2D eigenvalue weighted by Crippen LogP contribution is 2.41. The molecule has 0 radical (unpaired) electrons. The van der Waals surface area contributed by atoms with Crippen LogP contribution in [0.2, 0.25) is 0 Å². The Morgan fingerprint density at radius 1 is 0.971 bits per heavy atom. The second-order valence-corrected chi connectivity index (χ2v) is 9.00. The number of carbonyl (C=O) groups is 1. The Morgan fingerprint density at radius 3 is 2.49 bits per heavy atom. The van der Waals surface area contributed by atoms with Gasteiger partial charge in [-0.3, -0.25) is 14.5 Å². The summed E-state index contributed by atoms with van der Waals surface area (Å²) in [6.45, 7) is 6.51. The molecule has 3 heterocycles. The first kappa shape index (κ1) is 23.4. The van der Waals surface area contributed by atoms with Crippen LogP contribution in [-0.4, -0.2) is 69.3 Å². The summed E-state index contributed by atoms with van der Waals surface area (Å²) in [7, 11) is 3.15. The molecule has 35 heavy (non-hydrogen) atoms. The van der Waals surface area contributed by atoms with E-state index >= 15 is 0 Å². The van der Waals surface area contributed by atoms with Gasteiger partial charge in [-0.05, 0) is 43.2 Å². The fourth-order valence-electron chi connectivity index (χ4n) is 5.02. The summed E-state index contributed by atoms with van der Waals surface area (Å²) in [5.74, 6) is 0.986. The molecule has 0 unspecified atom stereocenters. The Balaban J connectivity index is 1.57. The van der Waals surface area contributed by atoms with Gasteiger partial charge in [-0.15, -0.1) is 0 Å². The van der Waals surface area contributed by atoms with Crippen molar-refractivity contribution in [3.05, 3.63) is 69.1 Å². The Labute approximate surface area is 204 Å². The number of hydrogen-bond donors (Lipinski definition) is 0. The monoisotopic (exact) mass is 478 g/mol. The van der Waals surface area contributed by atoms with Crippen LogP contribution in [0.4, 0.5) is 0 Å². The highest BCUT2D eigenvalue weighted by Gasteiger charge is 2.42. The van der Waals surface area contributed by atoms with E-state index in [4.69, 9.17) is 18.6 Å². The maximum atomic E-state index is 13.7. The maximum Gasteiger partial charge on any atom is 0.290 e. The van der Waals surface area contributed by atoms with Crippen LogP contribution in [0.3, 0.4) is 0 Å². The number of benzene rings is 2. The lowest BCUT2D eigenvalue weighted by molar-refractivity contribution is 0.0353. The van der Waals surface area contributed by atoms with Crippen molar-refractivity contribution in [2.75, 3.05) is 53.6 Å². The van der Waals surface area contributed by atoms with Gasteiger partial charge in [0.2, 0.25) is 5.76 Å². The fraction of sp³-hybridized carbons (Fsp3) is 0.407. The topological polar surface area (TPSA) is 81.5 Å². The summed E-state index contributed by atoms with van der Waals surface area (Å²) in [5, 5.41) is 0.484. The van der Waals surface area contributed by atoms with E-state index in [0.717, 1.165) is 50.4 Å². The van der Waals surface area contributed by atoms with Gasteiger partial charge >= 0.3 is 0 Å². The molecule has 184 valence electrons. The van der Waals surface area contributed by atoms with E-state index in [2.05, 4.69) is 4.90 Å². The first-order chi connectivity index (χ1) is 17.0. The van der Waals surface area contributed by atoms with Crippen LogP contribution in [0, 0.1) is 6.92 Å². The molecule has 0 saturated carbocycles. The van der Waals surface area contributed by atoms with Crippen molar-refractivity contribution in [2.45, 2.75) is 19.4 Å². The van der Waals surface area contributed by atoms with Crippen LogP contribution in [0.25, 0.3) is 11.0 Å². The number of nitrogens with zero attached hydrogens (tertiary/aromatic N) is 2. The highest BCUT2D eigenvalue weighted by atomic mass is 16.5. The molecular weight excluding hydrogens is 448 g/mol. The highest BCUT2D eigenvalue weighted by molar-refractivity contribution is 5.99. The summed E-state index contributed by atoms with van der Waals surface area (Å²) >= 11 is 0. The second-order valence-electron chi connectivity index (χ2n) is 9.00. The molecule has 0 bridgehead atoms. The molecule has 8 heteroatoms. The van der Waals surface area contributed by atoms with E-state index < -0.39 is 6.04 Å². The van der Waals surface area contributed by atoms with Gasteiger partial charge in [-0.1, -0.05) is 17.7 Å². The second kappa shape index (κ2) is 9.71. The number of morpholine rings is 1. The van der Waals surface area contributed by atoms with Gasteiger partial charge in [0, 0.05) is 26.2 Å². The predicted octanol–water partition coefficient (Wildman–Crippen LogP) is 3.39. The van der Waals surface area contributed by atoms with E-state index in [-0.39, 0.29) is 17.1 Å². The third kappa shape index (κ3) is 4.28. The Hall–Kier alpha value is -3.36. The summed E-state index contributed by atoms with van der Waals surface area (Å²) in [6.07, 6.45) is 0.774. The minimum absolute atomic E-state index is 0.123. The maximum absolute atomic E-state index is 13.7. The van der Waals surface area contributed by atoms with Gasteiger partial charge in [0.15, 0.2) is 16.9 Å². The molecule has 0 aliphatic carbocycles. The normalized spacial score (nSPS) is 18.2. The summed E-state index contributed by atoms with van der Waals surface area (Å²) in [6, 6.07) is 10.4. The van der Waals surface area contributed by atoms with E-state index in [1.807, 2.05) is 31.2 Å². The molecule has 1 aromatic heterocycles. The third-order valence-corrected chi connectivity index (χ3v) is 6.82. The van der Waals surface area contributed by atoms with Gasteiger partial charge < -0.3 is 23.5 Å². The summed E-state index contributed by atoms with van der Waals surface area (Å²) in [5.41, 5.74) is 2.37. The molecule has 1 fully saturated rings. The van der Waals surface area contributed by atoms with E-state index in [1.54, 1.807) is 31.3 Å². The zero-order valence-corrected chi connectivity index (χ0v) is 20.3. The SMILES string of the molecule is COc1ccc([C@H]2c3c(oc4ccc(C)cc4c3=O)C(=O)N2CCCN2CCOCC2)cc1OC. The van der Waals surface area contributed by atoms with E-state index in [9.17, 15) is 9.59 Å². The molecule has 2 aliphatic rings. The number of hydrogen-bond acceptors (Lipinski definition) is 7. The molecule has 0 N–H and O–H groups in total. The van der Waals surface area contributed by atoms with Crippen LogP contribution in [0.1, 0.15) is 39.7 Å². The molecule has 2 aromatic carbocycles. The molecule has 5 rings (SSSR count). The molecule has 1 amide bonds. The quantitative estimate of drug-likeness (QED) is 0.515. The number of methoxy groups -OCH3 is 2. The predicted molar refractivity (Wildman–Crippen MR) is 132 cm³/mol. The van der Waals surface area contributed by atoms with Crippen LogP contribution in [-0.2, 0) is 4.74 Å². The number of rotatable bonds is 7. The van der Waals surface area contributed by atoms with Crippen LogP contribution in [0.5, 0.6) is 11.5 Å². The van der Waals surface area contributed by atoms with Crippen LogP contribution < -0.4 is 14.9 Å². The van der Waals surface area contributed by atoms with Crippen molar-refractivity contribution in [3.63, 3.8) is 0 Å². The summed E-state index contributed by atoms with van der Waals surface area (Å²) in [4.78, 5) is 31.4. The lowest BCUT2D eigenvalue weighted by Crippen LogP contribution is -2.38. The van der Waals surface area contributed by atoms with Crippen molar-refractivity contribution in [3.8, 4) is 11.5 Å². The van der Waals surface area contributed by atoms with Gasteiger partial charge in [0.1, 0.15) is 5.58 Å². The zero-order chi connectivity index (χ0) is 24.5. The van der Waals surface area contributed by atoms with E-state index in [0.29, 0.717) is 34.6 Å². The smallest absolute Gasteiger partial charge is 0.290 e. The molecule has 2 aliphatic heterocycles. The first-order valence-corrected chi connectivity index (χ1v) is 11.9. The van der Waals surface area contributed by atoms with Gasteiger partial charge in [-0.2, -0.15) is 0 Å². The Morgan fingerprint density at radius 2 is 1.74 bits per heavy atom. The number of ether oxygens (including phenoxy) is 3. The molecule has 3 aromatic rings. The molecule has 1 atom stereocenters. The van der Waals surface area contributed by atoms with Crippen LogP contribution in [0.15, 0.2) is 45.6 Å². The van der Waals surface area contributed by atoms with Gasteiger partial charge in [0.05, 0.1) is 44.4 Å². The average Bonchev–Trinajstić information content (AvgIpc) is 3.16. The third-order valence-electron chi connectivity index (χ3n) is 6.82. The number of fused-ring (bicyclic) bond motifs is 2.